The molecule has 1 heterocycles. The third kappa shape index (κ3) is 4.59. The Bertz CT molecular complexity index is 843. The van der Waals surface area contributed by atoms with Crippen molar-refractivity contribution in [1.82, 2.24) is 4.90 Å². The number of carbonyl (C=O) groups is 2. The molecule has 0 radical (unpaired) electrons. The molecule has 2 atom stereocenters. The van der Waals surface area contributed by atoms with E-state index in [9.17, 15) is 14.0 Å². The normalized spacial score (nSPS) is 18.7. The van der Waals surface area contributed by atoms with E-state index in [1.807, 2.05) is 12.1 Å². The van der Waals surface area contributed by atoms with E-state index in [4.69, 9.17) is 4.42 Å². The van der Waals surface area contributed by atoms with Gasteiger partial charge in [-0.1, -0.05) is 13.0 Å². The van der Waals surface area contributed by atoms with Crippen molar-refractivity contribution in [2.45, 2.75) is 19.3 Å². The molecular formula is C20H21FN2O3. The fraction of sp³-hybridized carbons (Fsp3) is 0.300. The number of furan rings is 1. The molecule has 5 nitrogen and oxygen atoms in total. The maximum Gasteiger partial charge on any atom is 0.246 e. The summed E-state index contributed by atoms with van der Waals surface area (Å²) >= 11 is 0. The Balaban J connectivity index is 1.50. The van der Waals surface area contributed by atoms with E-state index in [0.29, 0.717) is 23.3 Å². The van der Waals surface area contributed by atoms with Crippen LogP contribution in [-0.4, -0.2) is 30.3 Å². The van der Waals surface area contributed by atoms with Gasteiger partial charge in [0.2, 0.25) is 11.8 Å². The Morgan fingerprint density at radius 3 is 2.81 bits per heavy atom. The summed E-state index contributed by atoms with van der Waals surface area (Å²) in [6.07, 6.45) is 4.10. The molecule has 1 aromatic heterocycles. The van der Waals surface area contributed by atoms with E-state index >= 15 is 0 Å². The van der Waals surface area contributed by atoms with Crippen molar-refractivity contribution in [1.29, 1.82) is 0 Å². The quantitative estimate of drug-likeness (QED) is 0.804. The maximum absolute atomic E-state index is 13.1. The molecule has 0 saturated heterocycles. The minimum atomic E-state index is -0.437. The largest absolute Gasteiger partial charge is 0.461 e. The first kappa shape index (κ1) is 17.9. The Morgan fingerprint density at radius 2 is 2.12 bits per heavy atom. The van der Waals surface area contributed by atoms with Crippen LogP contribution in [-0.2, 0) is 9.59 Å². The number of hydrogen-bond donors (Lipinski definition) is 1. The van der Waals surface area contributed by atoms with Gasteiger partial charge in [-0.15, -0.1) is 0 Å². The standard InChI is InChI=1S/C20H21FN2O3/c1-13-10-17(13)18-8-6-16(26-18)7-9-20(25)23(2)12-19(24)22-15-5-3-4-14(21)11-15/h3-9,11,13,17H,10,12H2,1-2H3,(H,22,24)/b9-7+. The molecule has 1 saturated carbocycles. The average molecular weight is 356 g/mol. The lowest BCUT2D eigenvalue weighted by molar-refractivity contribution is -0.129. The Morgan fingerprint density at radius 1 is 1.35 bits per heavy atom. The second kappa shape index (κ2) is 7.56. The van der Waals surface area contributed by atoms with Crippen LogP contribution in [0.3, 0.4) is 0 Å². The van der Waals surface area contributed by atoms with Crippen molar-refractivity contribution in [2.24, 2.45) is 5.92 Å². The van der Waals surface area contributed by atoms with Gasteiger partial charge in [0.25, 0.3) is 0 Å². The zero-order valence-electron chi connectivity index (χ0n) is 14.7. The number of hydrogen-bond acceptors (Lipinski definition) is 3. The topological polar surface area (TPSA) is 62.6 Å². The molecule has 1 fully saturated rings. The number of carbonyl (C=O) groups excluding carboxylic acids is 2. The van der Waals surface area contributed by atoms with E-state index in [1.165, 1.54) is 36.2 Å². The lowest BCUT2D eigenvalue weighted by atomic mass is 10.3. The monoisotopic (exact) mass is 356 g/mol. The number of anilines is 1. The van der Waals surface area contributed by atoms with Crippen LogP contribution in [0.2, 0.25) is 0 Å². The summed E-state index contributed by atoms with van der Waals surface area (Å²) in [6.45, 7) is 2.04. The third-order valence-corrected chi connectivity index (χ3v) is 4.38. The molecule has 0 bridgehead atoms. The predicted molar refractivity (Wildman–Crippen MR) is 96.9 cm³/mol. The van der Waals surface area contributed by atoms with Crippen molar-refractivity contribution in [2.75, 3.05) is 18.9 Å². The second-order valence-corrected chi connectivity index (χ2v) is 6.65. The summed E-state index contributed by atoms with van der Waals surface area (Å²) in [4.78, 5) is 25.4. The van der Waals surface area contributed by atoms with Crippen molar-refractivity contribution in [3.8, 4) is 0 Å². The number of benzene rings is 1. The second-order valence-electron chi connectivity index (χ2n) is 6.65. The number of rotatable bonds is 6. The number of amides is 2. The van der Waals surface area contributed by atoms with E-state index in [0.717, 1.165) is 12.2 Å². The third-order valence-electron chi connectivity index (χ3n) is 4.38. The molecule has 0 aliphatic heterocycles. The molecule has 2 aromatic rings. The van der Waals surface area contributed by atoms with E-state index < -0.39 is 11.7 Å². The molecule has 2 unspecified atom stereocenters. The molecule has 0 spiro atoms. The molecule has 1 aliphatic carbocycles. The van der Waals surface area contributed by atoms with Crippen LogP contribution in [0.15, 0.2) is 46.9 Å². The molecule has 3 rings (SSSR count). The molecule has 1 aliphatic rings. The summed E-state index contributed by atoms with van der Waals surface area (Å²) in [5.41, 5.74) is 0.351. The SMILES string of the molecule is CC1CC1c1ccc(/C=C/C(=O)N(C)CC(=O)Nc2cccc(F)c2)o1. The minimum Gasteiger partial charge on any atom is -0.461 e. The Hall–Kier alpha value is -2.89. The first-order valence-corrected chi connectivity index (χ1v) is 8.50. The summed E-state index contributed by atoms with van der Waals surface area (Å²) < 4.78 is 18.8. The predicted octanol–water partition coefficient (Wildman–Crippen LogP) is 3.65. The minimum absolute atomic E-state index is 0.136. The van der Waals surface area contributed by atoms with Gasteiger partial charge in [-0.2, -0.15) is 0 Å². The lowest BCUT2D eigenvalue weighted by Crippen LogP contribution is -2.33. The van der Waals surface area contributed by atoms with E-state index in [-0.39, 0.29) is 12.5 Å². The lowest BCUT2D eigenvalue weighted by Gasteiger charge is -2.14. The molecular weight excluding hydrogens is 335 g/mol. The van der Waals surface area contributed by atoms with Crippen LogP contribution < -0.4 is 5.32 Å². The first-order valence-electron chi connectivity index (χ1n) is 8.50. The van der Waals surface area contributed by atoms with Gasteiger partial charge in [0.1, 0.15) is 17.3 Å². The highest BCUT2D eigenvalue weighted by atomic mass is 19.1. The molecule has 1 N–H and O–H groups in total. The smallest absolute Gasteiger partial charge is 0.246 e. The number of halogens is 1. The highest BCUT2D eigenvalue weighted by Crippen LogP contribution is 2.47. The van der Waals surface area contributed by atoms with Crippen molar-refractivity contribution >= 4 is 23.6 Å². The van der Waals surface area contributed by atoms with Gasteiger partial charge in [0, 0.05) is 24.7 Å². The summed E-state index contributed by atoms with van der Waals surface area (Å²) in [5.74, 6) is 1.55. The van der Waals surface area contributed by atoms with Gasteiger partial charge in [0.15, 0.2) is 0 Å². The van der Waals surface area contributed by atoms with Gasteiger partial charge in [-0.25, -0.2) is 4.39 Å². The van der Waals surface area contributed by atoms with E-state index in [1.54, 1.807) is 12.1 Å². The van der Waals surface area contributed by atoms with Gasteiger partial charge < -0.3 is 14.6 Å². The van der Waals surface area contributed by atoms with Crippen LogP contribution in [0.5, 0.6) is 0 Å². The first-order chi connectivity index (χ1) is 12.4. The molecule has 6 heteroatoms. The molecule has 136 valence electrons. The molecule has 1 aromatic carbocycles. The van der Waals surface area contributed by atoms with Gasteiger partial charge in [-0.3, -0.25) is 9.59 Å². The molecule has 26 heavy (non-hydrogen) atoms. The summed E-state index contributed by atoms with van der Waals surface area (Å²) in [7, 11) is 1.53. The van der Waals surface area contributed by atoms with Gasteiger partial charge >= 0.3 is 0 Å². The highest BCUT2D eigenvalue weighted by molar-refractivity contribution is 5.97. The fourth-order valence-electron chi connectivity index (χ4n) is 2.72. The Labute approximate surface area is 151 Å². The van der Waals surface area contributed by atoms with Gasteiger partial charge in [0.05, 0.1) is 6.54 Å². The van der Waals surface area contributed by atoms with E-state index in [2.05, 4.69) is 12.2 Å². The van der Waals surface area contributed by atoms with Crippen LogP contribution in [0.1, 0.15) is 30.8 Å². The van der Waals surface area contributed by atoms with Crippen molar-refractivity contribution in [3.05, 3.63) is 59.8 Å². The number of nitrogens with zero attached hydrogens (tertiary/aromatic N) is 1. The molecule has 2 amide bonds. The van der Waals surface area contributed by atoms with Gasteiger partial charge in [-0.05, 0) is 48.7 Å². The van der Waals surface area contributed by atoms with Crippen LogP contribution >= 0.6 is 0 Å². The van der Waals surface area contributed by atoms with Crippen LogP contribution in [0.25, 0.3) is 6.08 Å². The zero-order valence-corrected chi connectivity index (χ0v) is 14.7. The van der Waals surface area contributed by atoms with Crippen LogP contribution in [0, 0.1) is 11.7 Å². The number of likely N-dealkylation sites (N-methyl/N-ethyl adjacent to an activating group) is 1. The summed E-state index contributed by atoms with van der Waals surface area (Å²) in [6, 6.07) is 9.37. The average Bonchev–Trinajstić information content (AvgIpc) is 3.13. The zero-order chi connectivity index (χ0) is 18.7. The highest BCUT2D eigenvalue weighted by Gasteiger charge is 2.36. The maximum atomic E-state index is 13.1. The summed E-state index contributed by atoms with van der Waals surface area (Å²) in [5, 5.41) is 2.55. The fourth-order valence-corrected chi connectivity index (χ4v) is 2.72. The van der Waals surface area contributed by atoms with Crippen molar-refractivity contribution < 1.29 is 18.4 Å². The Kier molecular flexibility index (Phi) is 5.21. The number of nitrogens with one attached hydrogen (secondary N) is 1. The van der Waals surface area contributed by atoms with Crippen LogP contribution in [0.4, 0.5) is 10.1 Å². The van der Waals surface area contributed by atoms with Crippen molar-refractivity contribution in [3.63, 3.8) is 0 Å².